The van der Waals surface area contributed by atoms with Crippen LogP contribution in [0, 0.1) is 11.3 Å². The summed E-state index contributed by atoms with van der Waals surface area (Å²) in [6.45, 7) is 6.01. The van der Waals surface area contributed by atoms with E-state index >= 15 is 0 Å². The lowest BCUT2D eigenvalue weighted by Gasteiger charge is -2.15. The Balaban J connectivity index is 2.17. The molecule has 1 aliphatic rings. The molecule has 1 saturated carbocycles. The first-order chi connectivity index (χ1) is 6.58. The Labute approximate surface area is 86.6 Å². The lowest BCUT2D eigenvalue weighted by Crippen LogP contribution is -2.35. The van der Waals surface area contributed by atoms with Crippen LogP contribution in [-0.4, -0.2) is 26.0 Å². The van der Waals surface area contributed by atoms with Gasteiger partial charge in [-0.2, -0.15) is 0 Å². The van der Waals surface area contributed by atoms with Crippen molar-refractivity contribution in [3.05, 3.63) is 0 Å². The van der Waals surface area contributed by atoms with Gasteiger partial charge in [-0.3, -0.25) is 4.79 Å². The molecular weight excluding hydrogens is 176 g/mol. The van der Waals surface area contributed by atoms with Gasteiger partial charge in [0.05, 0.1) is 0 Å². The van der Waals surface area contributed by atoms with Crippen molar-refractivity contribution in [2.75, 3.05) is 20.1 Å². The zero-order valence-corrected chi connectivity index (χ0v) is 9.52. The zero-order chi connectivity index (χ0) is 10.6. The molecule has 0 aromatic carbocycles. The molecule has 0 atom stereocenters. The minimum Gasteiger partial charge on any atom is -0.355 e. The monoisotopic (exact) mass is 198 g/mol. The highest BCUT2D eigenvalue weighted by Gasteiger charge is 2.41. The predicted molar refractivity (Wildman–Crippen MR) is 58.1 cm³/mol. The summed E-state index contributed by atoms with van der Waals surface area (Å²) in [5.74, 6) is 0.650. The molecule has 1 rings (SSSR count). The standard InChI is InChI=1S/C11H22N2O/c1-9(2)6-10(14)13-8-11(4-5-11)7-12-3/h9,12H,4-8H2,1-3H3,(H,13,14). The highest BCUT2D eigenvalue weighted by Crippen LogP contribution is 2.44. The summed E-state index contributed by atoms with van der Waals surface area (Å²) >= 11 is 0. The Kier molecular flexibility index (Phi) is 3.93. The van der Waals surface area contributed by atoms with Crippen LogP contribution in [0.25, 0.3) is 0 Å². The van der Waals surface area contributed by atoms with E-state index in [1.54, 1.807) is 0 Å². The maximum absolute atomic E-state index is 11.4. The molecule has 1 fully saturated rings. The normalized spacial score (nSPS) is 18.3. The van der Waals surface area contributed by atoms with Gasteiger partial charge < -0.3 is 10.6 Å². The second kappa shape index (κ2) is 4.78. The summed E-state index contributed by atoms with van der Waals surface area (Å²) in [5.41, 5.74) is 0.376. The van der Waals surface area contributed by atoms with Crippen LogP contribution >= 0.6 is 0 Å². The fourth-order valence-corrected chi connectivity index (χ4v) is 1.70. The molecule has 0 unspecified atom stereocenters. The van der Waals surface area contributed by atoms with Gasteiger partial charge in [-0.05, 0) is 25.8 Å². The van der Waals surface area contributed by atoms with Crippen molar-refractivity contribution in [1.29, 1.82) is 0 Å². The summed E-state index contributed by atoms with van der Waals surface area (Å²) in [6.07, 6.45) is 3.14. The van der Waals surface area contributed by atoms with Crippen molar-refractivity contribution < 1.29 is 4.79 Å². The summed E-state index contributed by atoms with van der Waals surface area (Å²) in [4.78, 5) is 11.4. The summed E-state index contributed by atoms with van der Waals surface area (Å²) in [6, 6.07) is 0. The SMILES string of the molecule is CNCC1(CNC(=O)CC(C)C)CC1. The molecule has 14 heavy (non-hydrogen) atoms. The Morgan fingerprint density at radius 2 is 2.00 bits per heavy atom. The van der Waals surface area contributed by atoms with Crippen LogP contribution < -0.4 is 10.6 Å². The smallest absolute Gasteiger partial charge is 0.220 e. The van der Waals surface area contributed by atoms with Crippen LogP contribution in [0.15, 0.2) is 0 Å². The van der Waals surface area contributed by atoms with E-state index < -0.39 is 0 Å². The Morgan fingerprint density at radius 3 is 2.43 bits per heavy atom. The molecule has 0 heterocycles. The zero-order valence-electron chi connectivity index (χ0n) is 9.52. The average molecular weight is 198 g/mol. The lowest BCUT2D eigenvalue weighted by atomic mass is 10.1. The number of nitrogens with one attached hydrogen (secondary N) is 2. The molecule has 82 valence electrons. The third-order valence-corrected chi connectivity index (χ3v) is 2.76. The number of carbonyl (C=O) groups is 1. The molecule has 0 bridgehead atoms. The molecule has 0 aromatic heterocycles. The van der Waals surface area contributed by atoms with Gasteiger partial charge in [0, 0.05) is 24.9 Å². The fourth-order valence-electron chi connectivity index (χ4n) is 1.70. The lowest BCUT2D eigenvalue weighted by molar-refractivity contribution is -0.122. The van der Waals surface area contributed by atoms with Crippen LogP contribution in [0.1, 0.15) is 33.1 Å². The van der Waals surface area contributed by atoms with E-state index in [1.807, 2.05) is 7.05 Å². The number of rotatable bonds is 6. The largest absolute Gasteiger partial charge is 0.355 e. The maximum Gasteiger partial charge on any atom is 0.220 e. The number of amides is 1. The highest BCUT2D eigenvalue weighted by atomic mass is 16.1. The van der Waals surface area contributed by atoms with Crippen molar-refractivity contribution in [3.8, 4) is 0 Å². The van der Waals surface area contributed by atoms with E-state index in [2.05, 4.69) is 24.5 Å². The molecule has 2 N–H and O–H groups in total. The van der Waals surface area contributed by atoms with Crippen molar-refractivity contribution in [3.63, 3.8) is 0 Å². The van der Waals surface area contributed by atoms with Gasteiger partial charge in [-0.25, -0.2) is 0 Å². The Morgan fingerprint density at radius 1 is 1.36 bits per heavy atom. The predicted octanol–water partition coefficient (Wildman–Crippen LogP) is 1.15. The van der Waals surface area contributed by atoms with Gasteiger partial charge in [0.1, 0.15) is 0 Å². The van der Waals surface area contributed by atoms with Crippen molar-refractivity contribution in [2.24, 2.45) is 11.3 Å². The van der Waals surface area contributed by atoms with Gasteiger partial charge >= 0.3 is 0 Å². The average Bonchev–Trinajstić information content (AvgIpc) is 2.82. The second-order valence-corrected chi connectivity index (χ2v) is 4.91. The van der Waals surface area contributed by atoms with E-state index in [9.17, 15) is 4.79 Å². The van der Waals surface area contributed by atoms with Crippen LogP contribution in [0.2, 0.25) is 0 Å². The quantitative estimate of drug-likeness (QED) is 0.672. The first kappa shape index (κ1) is 11.5. The topological polar surface area (TPSA) is 41.1 Å². The van der Waals surface area contributed by atoms with Crippen LogP contribution in [0.5, 0.6) is 0 Å². The van der Waals surface area contributed by atoms with Crippen molar-refractivity contribution in [2.45, 2.75) is 33.1 Å². The van der Waals surface area contributed by atoms with Gasteiger partial charge in [-0.15, -0.1) is 0 Å². The molecule has 3 heteroatoms. The second-order valence-electron chi connectivity index (χ2n) is 4.91. The number of hydrogen-bond donors (Lipinski definition) is 2. The van der Waals surface area contributed by atoms with Crippen LogP contribution in [-0.2, 0) is 4.79 Å². The summed E-state index contributed by atoms with van der Waals surface area (Å²) < 4.78 is 0. The van der Waals surface area contributed by atoms with E-state index in [-0.39, 0.29) is 5.91 Å². The summed E-state index contributed by atoms with van der Waals surface area (Å²) in [7, 11) is 1.97. The Bertz CT molecular complexity index is 197. The minimum absolute atomic E-state index is 0.197. The third kappa shape index (κ3) is 3.66. The van der Waals surface area contributed by atoms with Crippen LogP contribution in [0.4, 0.5) is 0 Å². The van der Waals surface area contributed by atoms with E-state index in [4.69, 9.17) is 0 Å². The van der Waals surface area contributed by atoms with Gasteiger partial charge in [0.25, 0.3) is 0 Å². The molecule has 3 nitrogen and oxygen atoms in total. The maximum atomic E-state index is 11.4. The highest BCUT2D eigenvalue weighted by molar-refractivity contribution is 5.76. The van der Waals surface area contributed by atoms with Crippen molar-refractivity contribution >= 4 is 5.91 Å². The molecule has 0 saturated heterocycles. The van der Waals surface area contributed by atoms with Gasteiger partial charge in [0.15, 0.2) is 0 Å². The first-order valence-electron chi connectivity index (χ1n) is 5.49. The van der Waals surface area contributed by atoms with Crippen LogP contribution in [0.3, 0.4) is 0 Å². The molecule has 1 aliphatic carbocycles. The van der Waals surface area contributed by atoms with Crippen molar-refractivity contribution in [1.82, 2.24) is 10.6 Å². The minimum atomic E-state index is 0.197. The molecule has 0 aromatic rings. The molecule has 0 spiro atoms. The van der Waals surface area contributed by atoms with E-state index in [0.29, 0.717) is 17.8 Å². The number of hydrogen-bond acceptors (Lipinski definition) is 2. The Hall–Kier alpha value is -0.570. The van der Waals surface area contributed by atoms with E-state index in [1.165, 1.54) is 12.8 Å². The van der Waals surface area contributed by atoms with Gasteiger partial charge in [0.2, 0.25) is 5.91 Å². The van der Waals surface area contributed by atoms with E-state index in [0.717, 1.165) is 13.1 Å². The molecular formula is C11H22N2O. The van der Waals surface area contributed by atoms with Gasteiger partial charge in [-0.1, -0.05) is 13.8 Å². The fraction of sp³-hybridized carbons (Fsp3) is 0.909. The first-order valence-corrected chi connectivity index (χ1v) is 5.49. The molecule has 1 amide bonds. The molecule has 0 radical (unpaired) electrons. The third-order valence-electron chi connectivity index (χ3n) is 2.76. The number of carbonyl (C=O) groups excluding carboxylic acids is 1. The summed E-state index contributed by atoms with van der Waals surface area (Å²) in [5, 5.41) is 6.21. The molecule has 0 aliphatic heterocycles.